The van der Waals surface area contributed by atoms with Gasteiger partial charge in [0.15, 0.2) is 0 Å². The molecule has 1 rings (SSSR count). The summed E-state index contributed by atoms with van der Waals surface area (Å²) in [6, 6.07) is 3.22. The number of alkyl carbamates (subject to hydrolysis) is 1. The van der Waals surface area contributed by atoms with Gasteiger partial charge in [-0.25, -0.2) is 4.79 Å². The maximum Gasteiger partial charge on any atom is 0.407 e. The van der Waals surface area contributed by atoms with Gasteiger partial charge in [-0.05, 0) is 12.1 Å². The summed E-state index contributed by atoms with van der Waals surface area (Å²) in [5, 5.41) is 5.12. The molecule has 0 atom stereocenters. The molecule has 7 heteroatoms. The fraction of sp³-hybridized carbons (Fsp3) is 0.364. The average molecular weight is 272 g/mol. The van der Waals surface area contributed by atoms with Crippen molar-refractivity contribution in [1.29, 1.82) is 0 Å². The molecule has 0 saturated carbocycles. The van der Waals surface area contributed by atoms with E-state index >= 15 is 0 Å². The number of nitrogens with one attached hydrogen (secondary N) is 2. The van der Waals surface area contributed by atoms with Crippen LogP contribution in [0.4, 0.5) is 4.79 Å². The lowest BCUT2D eigenvalue weighted by Crippen LogP contribution is -2.35. The van der Waals surface area contributed by atoms with E-state index in [2.05, 4.69) is 20.4 Å². The van der Waals surface area contributed by atoms with Crippen molar-refractivity contribution in [2.24, 2.45) is 0 Å². The smallest absolute Gasteiger partial charge is 0.407 e. The van der Waals surface area contributed by atoms with Gasteiger partial charge in [-0.3, -0.25) is 9.78 Å². The van der Waals surface area contributed by atoms with Crippen LogP contribution in [0.1, 0.15) is 10.4 Å². The number of ether oxygens (including phenoxy) is 1. The van der Waals surface area contributed by atoms with Crippen molar-refractivity contribution < 1.29 is 14.3 Å². The summed E-state index contributed by atoms with van der Waals surface area (Å²) in [4.78, 5) is 26.4. The zero-order valence-electron chi connectivity index (χ0n) is 9.69. The Hall–Kier alpha value is -1.82. The van der Waals surface area contributed by atoms with Gasteiger partial charge in [0, 0.05) is 31.0 Å². The summed E-state index contributed by atoms with van der Waals surface area (Å²) in [5.74, 6) is 0.0416. The van der Waals surface area contributed by atoms with E-state index in [-0.39, 0.29) is 24.9 Å². The van der Waals surface area contributed by atoms with Crippen LogP contribution < -0.4 is 10.6 Å². The SMILES string of the molecule is O=C(NCCNC(=O)c1ccncc1)OCCCl. The molecule has 1 aromatic heterocycles. The highest BCUT2D eigenvalue weighted by atomic mass is 35.5. The minimum Gasteiger partial charge on any atom is -0.448 e. The first kappa shape index (κ1) is 14.2. The number of amides is 2. The molecule has 0 unspecified atom stereocenters. The Bertz CT molecular complexity index is 386. The van der Waals surface area contributed by atoms with Crippen LogP contribution in [0.3, 0.4) is 0 Å². The predicted molar refractivity (Wildman–Crippen MR) is 66.6 cm³/mol. The minimum atomic E-state index is -0.547. The highest BCUT2D eigenvalue weighted by Gasteiger charge is 2.04. The number of carbonyl (C=O) groups excluding carboxylic acids is 2. The van der Waals surface area contributed by atoms with Crippen molar-refractivity contribution in [2.75, 3.05) is 25.6 Å². The summed E-state index contributed by atoms with van der Waals surface area (Å²) in [6.07, 6.45) is 2.53. The molecule has 6 nitrogen and oxygen atoms in total. The topological polar surface area (TPSA) is 80.3 Å². The molecular weight excluding hydrogens is 258 g/mol. The quantitative estimate of drug-likeness (QED) is 0.592. The number of rotatable bonds is 6. The molecule has 98 valence electrons. The second-order valence-corrected chi connectivity index (χ2v) is 3.62. The average Bonchev–Trinajstić information content (AvgIpc) is 2.42. The first-order valence-electron chi connectivity index (χ1n) is 5.39. The molecule has 0 bridgehead atoms. The second kappa shape index (κ2) is 8.30. The molecule has 0 aliphatic heterocycles. The van der Waals surface area contributed by atoms with E-state index in [1.807, 2.05) is 0 Å². The largest absolute Gasteiger partial charge is 0.448 e. The van der Waals surface area contributed by atoms with Gasteiger partial charge < -0.3 is 15.4 Å². The summed E-state index contributed by atoms with van der Waals surface area (Å²) in [6.45, 7) is 0.770. The molecule has 0 aromatic carbocycles. The number of halogens is 1. The molecule has 1 heterocycles. The van der Waals surface area contributed by atoms with Crippen molar-refractivity contribution in [2.45, 2.75) is 0 Å². The van der Waals surface area contributed by atoms with E-state index < -0.39 is 6.09 Å². The number of nitrogens with zero attached hydrogens (tertiary/aromatic N) is 1. The van der Waals surface area contributed by atoms with Crippen LogP contribution in [0.15, 0.2) is 24.5 Å². The maximum absolute atomic E-state index is 11.6. The fourth-order valence-corrected chi connectivity index (χ4v) is 1.21. The number of hydrogen-bond acceptors (Lipinski definition) is 4. The lowest BCUT2D eigenvalue weighted by Gasteiger charge is -2.07. The minimum absolute atomic E-state index is 0.163. The standard InChI is InChI=1S/C11H14ClN3O3/c12-3-8-18-11(17)15-7-6-14-10(16)9-1-4-13-5-2-9/h1-2,4-5H,3,6-8H2,(H,14,16)(H,15,17). The van der Waals surface area contributed by atoms with Crippen LogP contribution in [-0.2, 0) is 4.74 Å². The highest BCUT2D eigenvalue weighted by Crippen LogP contribution is 1.94. The van der Waals surface area contributed by atoms with Gasteiger partial charge in [0.2, 0.25) is 0 Å². The van der Waals surface area contributed by atoms with Gasteiger partial charge in [0.1, 0.15) is 6.61 Å². The zero-order chi connectivity index (χ0) is 13.2. The van der Waals surface area contributed by atoms with Crippen LogP contribution in [0, 0.1) is 0 Å². The lowest BCUT2D eigenvalue weighted by molar-refractivity contribution is 0.0952. The van der Waals surface area contributed by atoms with E-state index in [0.29, 0.717) is 12.1 Å². The van der Waals surface area contributed by atoms with E-state index in [1.54, 1.807) is 12.1 Å². The Morgan fingerprint density at radius 2 is 1.89 bits per heavy atom. The third kappa shape index (κ3) is 5.49. The first-order valence-corrected chi connectivity index (χ1v) is 5.92. The number of hydrogen-bond donors (Lipinski definition) is 2. The van der Waals surface area contributed by atoms with E-state index in [9.17, 15) is 9.59 Å². The van der Waals surface area contributed by atoms with Crippen molar-refractivity contribution in [3.05, 3.63) is 30.1 Å². The third-order valence-corrected chi connectivity index (χ3v) is 2.09. The zero-order valence-corrected chi connectivity index (χ0v) is 10.4. The molecule has 0 radical (unpaired) electrons. The third-order valence-electron chi connectivity index (χ3n) is 1.93. The van der Waals surface area contributed by atoms with Crippen molar-refractivity contribution in [1.82, 2.24) is 15.6 Å². The van der Waals surface area contributed by atoms with Crippen LogP contribution in [0.2, 0.25) is 0 Å². The Balaban J connectivity index is 2.15. The van der Waals surface area contributed by atoms with Gasteiger partial charge >= 0.3 is 6.09 Å². The number of alkyl halides is 1. The van der Waals surface area contributed by atoms with Crippen molar-refractivity contribution in [3.8, 4) is 0 Å². The lowest BCUT2D eigenvalue weighted by atomic mass is 10.2. The van der Waals surface area contributed by atoms with Gasteiger partial charge in [-0.2, -0.15) is 0 Å². The first-order chi connectivity index (χ1) is 8.74. The van der Waals surface area contributed by atoms with E-state index in [1.165, 1.54) is 12.4 Å². The van der Waals surface area contributed by atoms with Crippen LogP contribution in [0.5, 0.6) is 0 Å². The van der Waals surface area contributed by atoms with Gasteiger partial charge in [0.25, 0.3) is 5.91 Å². The number of carbonyl (C=O) groups is 2. The molecule has 1 aromatic rings. The van der Waals surface area contributed by atoms with Gasteiger partial charge in [-0.1, -0.05) is 0 Å². The number of pyridine rings is 1. The molecule has 18 heavy (non-hydrogen) atoms. The van der Waals surface area contributed by atoms with Crippen LogP contribution in [0.25, 0.3) is 0 Å². The van der Waals surface area contributed by atoms with Crippen LogP contribution >= 0.6 is 11.6 Å². The highest BCUT2D eigenvalue weighted by molar-refractivity contribution is 6.18. The summed E-state index contributed by atoms with van der Waals surface area (Å²) in [5.41, 5.74) is 0.523. The molecule has 2 N–H and O–H groups in total. The molecule has 0 aliphatic carbocycles. The summed E-state index contributed by atoms with van der Waals surface area (Å²) < 4.78 is 4.68. The summed E-state index contributed by atoms with van der Waals surface area (Å²) >= 11 is 5.35. The van der Waals surface area contributed by atoms with Crippen molar-refractivity contribution in [3.63, 3.8) is 0 Å². The molecule has 0 aliphatic rings. The molecule has 2 amide bonds. The Morgan fingerprint density at radius 1 is 1.22 bits per heavy atom. The monoisotopic (exact) mass is 271 g/mol. The Labute approximate surface area is 110 Å². The van der Waals surface area contributed by atoms with E-state index in [0.717, 1.165) is 0 Å². The molecule has 0 fully saturated rings. The molecular formula is C11H14ClN3O3. The Kier molecular flexibility index (Phi) is 6.56. The predicted octanol–water partition coefficient (Wildman–Crippen LogP) is 0.776. The van der Waals surface area contributed by atoms with Crippen LogP contribution in [-0.4, -0.2) is 42.6 Å². The normalized spacial score (nSPS) is 9.61. The molecule has 0 spiro atoms. The van der Waals surface area contributed by atoms with Gasteiger partial charge in [-0.15, -0.1) is 11.6 Å². The van der Waals surface area contributed by atoms with Crippen molar-refractivity contribution >= 4 is 23.6 Å². The fourth-order valence-electron chi connectivity index (χ4n) is 1.13. The van der Waals surface area contributed by atoms with Gasteiger partial charge in [0.05, 0.1) is 5.88 Å². The second-order valence-electron chi connectivity index (χ2n) is 3.24. The maximum atomic E-state index is 11.6. The summed E-state index contributed by atoms with van der Waals surface area (Å²) in [7, 11) is 0. The number of aromatic nitrogens is 1. The van der Waals surface area contributed by atoms with E-state index in [4.69, 9.17) is 11.6 Å². The Morgan fingerprint density at radius 3 is 2.56 bits per heavy atom. The molecule has 0 saturated heterocycles.